The number of ether oxygens (including phenoxy) is 1. The molecular formula is C28H18N4O. The van der Waals surface area contributed by atoms with E-state index in [2.05, 4.69) is 63.5 Å². The normalized spacial score (nSPS) is 11.0. The summed E-state index contributed by atoms with van der Waals surface area (Å²) in [6, 6.07) is 32.7. The summed E-state index contributed by atoms with van der Waals surface area (Å²) in [6.07, 6.45) is 3.33. The molecule has 2 heterocycles. The second kappa shape index (κ2) is 8.13. The molecule has 0 amide bonds. The lowest BCUT2D eigenvalue weighted by molar-refractivity contribution is 0.439. The van der Waals surface area contributed by atoms with Gasteiger partial charge in [-0.2, -0.15) is 9.97 Å². The minimum atomic E-state index is 0.226. The summed E-state index contributed by atoms with van der Waals surface area (Å²) in [5.74, 6) is 1.67. The monoisotopic (exact) mass is 426 g/mol. The molecule has 0 aliphatic heterocycles. The number of fused-ring (bicyclic) bond motifs is 2. The Labute approximate surface area is 190 Å². The molecule has 6 aromatic rings. The van der Waals surface area contributed by atoms with E-state index < -0.39 is 0 Å². The van der Waals surface area contributed by atoms with E-state index >= 15 is 0 Å². The highest BCUT2D eigenvalue weighted by Crippen LogP contribution is 2.28. The van der Waals surface area contributed by atoms with Crippen molar-refractivity contribution in [2.75, 3.05) is 0 Å². The summed E-state index contributed by atoms with van der Waals surface area (Å²) in [5, 5.41) is 4.57. The molecule has 0 radical (unpaired) electrons. The van der Waals surface area contributed by atoms with Crippen LogP contribution in [-0.2, 0) is 0 Å². The number of nitrogens with zero attached hydrogens (tertiary/aromatic N) is 4. The van der Waals surface area contributed by atoms with Gasteiger partial charge >= 0.3 is 6.01 Å². The lowest BCUT2D eigenvalue weighted by Gasteiger charge is -2.10. The van der Waals surface area contributed by atoms with Crippen molar-refractivity contribution in [1.82, 2.24) is 19.9 Å². The van der Waals surface area contributed by atoms with E-state index in [4.69, 9.17) is 9.72 Å². The van der Waals surface area contributed by atoms with Crippen LogP contribution >= 0.6 is 0 Å². The summed E-state index contributed by atoms with van der Waals surface area (Å²) < 4.78 is 5.95. The van der Waals surface area contributed by atoms with Gasteiger partial charge in [0.1, 0.15) is 5.75 Å². The summed E-state index contributed by atoms with van der Waals surface area (Å²) in [7, 11) is 0. The van der Waals surface area contributed by atoms with Gasteiger partial charge in [0, 0.05) is 17.3 Å². The lowest BCUT2D eigenvalue weighted by atomic mass is 10.1. The zero-order chi connectivity index (χ0) is 22.0. The Hall–Kier alpha value is -4.64. The molecule has 0 aliphatic rings. The Morgan fingerprint density at radius 3 is 1.64 bits per heavy atom. The first-order valence-corrected chi connectivity index (χ1v) is 10.6. The van der Waals surface area contributed by atoms with Crippen molar-refractivity contribution in [3.63, 3.8) is 0 Å². The van der Waals surface area contributed by atoms with E-state index in [1.165, 1.54) is 0 Å². The number of hydrogen-bond donors (Lipinski definition) is 0. The molecule has 0 aliphatic carbocycles. The van der Waals surface area contributed by atoms with Crippen LogP contribution in [0, 0.1) is 0 Å². The largest absolute Gasteiger partial charge is 0.423 e. The zero-order valence-corrected chi connectivity index (χ0v) is 17.6. The van der Waals surface area contributed by atoms with Crippen LogP contribution in [0.2, 0.25) is 0 Å². The number of benzene rings is 4. The van der Waals surface area contributed by atoms with Crippen LogP contribution in [0.1, 0.15) is 0 Å². The average Bonchev–Trinajstić information content (AvgIpc) is 2.88. The third kappa shape index (κ3) is 3.88. The van der Waals surface area contributed by atoms with Crippen molar-refractivity contribution in [3.8, 4) is 34.5 Å². The summed E-state index contributed by atoms with van der Waals surface area (Å²) in [4.78, 5) is 18.2. The Balaban J connectivity index is 1.50. The molecule has 0 atom stereocenters. The van der Waals surface area contributed by atoms with E-state index in [1.54, 1.807) is 12.4 Å². The van der Waals surface area contributed by atoms with Gasteiger partial charge in [-0.3, -0.25) is 4.98 Å². The topological polar surface area (TPSA) is 60.8 Å². The number of rotatable bonds is 4. The van der Waals surface area contributed by atoms with Crippen molar-refractivity contribution in [3.05, 3.63) is 109 Å². The van der Waals surface area contributed by atoms with Crippen molar-refractivity contribution < 1.29 is 4.74 Å². The minimum absolute atomic E-state index is 0.226. The number of aromatic nitrogens is 4. The molecule has 156 valence electrons. The van der Waals surface area contributed by atoms with Gasteiger partial charge in [-0.1, -0.05) is 72.8 Å². The second-order valence-electron chi connectivity index (χ2n) is 7.68. The van der Waals surface area contributed by atoms with Crippen LogP contribution in [0.25, 0.3) is 44.3 Å². The van der Waals surface area contributed by atoms with Gasteiger partial charge in [-0.25, -0.2) is 4.98 Å². The van der Waals surface area contributed by atoms with E-state index in [-0.39, 0.29) is 6.01 Å². The predicted octanol–water partition coefficient (Wildman–Crippen LogP) is 6.70. The van der Waals surface area contributed by atoms with Crippen LogP contribution in [0.3, 0.4) is 0 Å². The predicted molar refractivity (Wildman–Crippen MR) is 130 cm³/mol. The lowest BCUT2D eigenvalue weighted by Crippen LogP contribution is -2.00. The van der Waals surface area contributed by atoms with Gasteiger partial charge in [0.25, 0.3) is 0 Å². The Morgan fingerprint density at radius 1 is 0.515 bits per heavy atom. The third-order valence-electron chi connectivity index (χ3n) is 5.47. The SMILES string of the molecule is c1cncc(Oc2nc(-c3ccc4ccccc4c3)nc(-c3ccc4ccccc4c3)n2)c1. The first-order valence-electron chi connectivity index (χ1n) is 10.6. The fourth-order valence-corrected chi connectivity index (χ4v) is 3.83. The maximum atomic E-state index is 5.95. The molecule has 0 bridgehead atoms. The van der Waals surface area contributed by atoms with Crippen molar-refractivity contribution in [2.45, 2.75) is 0 Å². The summed E-state index contributed by atoms with van der Waals surface area (Å²) in [5.41, 5.74) is 1.79. The molecule has 0 saturated heterocycles. The smallest absolute Gasteiger partial charge is 0.326 e. The molecule has 0 spiro atoms. The summed E-state index contributed by atoms with van der Waals surface area (Å²) >= 11 is 0. The molecule has 33 heavy (non-hydrogen) atoms. The van der Waals surface area contributed by atoms with E-state index in [9.17, 15) is 0 Å². The first kappa shape index (κ1) is 19.1. The van der Waals surface area contributed by atoms with Crippen molar-refractivity contribution in [2.24, 2.45) is 0 Å². The molecule has 5 heteroatoms. The zero-order valence-electron chi connectivity index (χ0n) is 17.6. The highest BCUT2D eigenvalue weighted by atomic mass is 16.5. The van der Waals surface area contributed by atoms with Crippen LogP contribution < -0.4 is 4.74 Å². The molecule has 0 unspecified atom stereocenters. The van der Waals surface area contributed by atoms with Gasteiger partial charge in [0.15, 0.2) is 11.6 Å². The maximum Gasteiger partial charge on any atom is 0.326 e. The van der Waals surface area contributed by atoms with Crippen LogP contribution in [0.15, 0.2) is 109 Å². The molecule has 0 N–H and O–H groups in total. The molecule has 6 rings (SSSR count). The van der Waals surface area contributed by atoms with Crippen LogP contribution in [0.5, 0.6) is 11.8 Å². The minimum Gasteiger partial charge on any atom is -0.423 e. The molecule has 5 nitrogen and oxygen atoms in total. The summed E-state index contributed by atoms with van der Waals surface area (Å²) in [6.45, 7) is 0. The highest BCUT2D eigenvalue weighted by molar-refractivity contribution is 5.88. The Kier molecular flexibility index (Phi) is 4.70. The van der Waals surface area contributed by atoms with Crippen molar-refractivity contribution >= 4 is 21.5 Å². The Morgan fingerprint density at radius 2 is 1.09 bits per heavy atom. The standard InChI is InChI=1S/C28H18N4O/c1-3-8-21-16-23(13-11-19(21)6-1)26-30-27(24-14-12-20-7-2-4-9-22(20)17-24)32-28(31-26)33-25-10-5-15-29-18-25/h1-18H. The molecule has 2 aromatic heterocycles. The maximum absolute atomic E-state index is 5.95. The van der Waals surface area contributed by atoms with E-state index in [1.807, 2.05) is 48.5 Å². The van der Waals surface area contributed by atoms with Gasteiger partial charge in [-0.05, 0) is 45.8 Å². The molecule has 0 saturated carbocycles. The quantitative estimate of drug-likeness (QED) is 0.314. The third-order valence-corrected chi connectivity index (χ3v) is 5.47. The number of pyridine rings is 1. The Bertz CT molecular complexity index is 1500. The second-order valence-corrected chi connectivity index (χ2v) is 7.68. The van der Waals surface area contributed by atoms with Gasteiger partial charge in [-0.15, -0.1) is 0 Å². The van der Waals surface area contributed by atoms with E-state index in [0.29, 0.717) is 17.4 Å². The van der Waals surface area contributed by atoms with Gasteiger partial charge in [0.05, 0.1) is 6.20 Å². The van der Waals surface area contributed by atoms with Crippen molar-refractivity contribution in [1.29, 1.82) is 0 Å². The fraction of sp³-hybridized carbons (Fsp3) is 0. The van der Waals surface area contributed by atoms with E-state index in [0.717, 1.165) is 32.7 Å². The molecule has 4 aromatic carbocycles. The average molecular weight is 426 g/mol. The van der Waals surface area contributed by atoms with Crippen LogP contribution in [-0.4, -0.2) is 19.9 Å². The molecule has 0 fully saturated rings. The van der Waals surface area contributed by atoms with Crippen LogP contribution in [0.4, 0.5) is 0 Å². The fourth-order valence-electron chi connectivity index (χ4n) is 3.83. The van der Waals surface area contributed by atoms with Gasteiger partial charge < -0.3 is 4.74 Å². The van der Waals surface area contributed by atoms with Gasteiger partial charge in [0.2, 0.25) is 0 Å². The highest BCUT2D eigenvalue weighted by Gasteiger charge is 2.13. The molecular weight excluding hydrogens is 408 g/mol. The number of hydrogen-bond acceptors (Lipinski definition) is 5. The first-order chi connectivity index (χ1) is 16.3.